The minimum Gasteiger partial charge on any atom is -0.299 e. The van der Waals surface area contributed by atoms with E-state index >= 15 is 0 Å². The zero-order valence-corrected chi connectivity index (χ0v) is 8.22. The van der Waals surface area contributed by atoms with Gasteiger partial charge in [0, 0.05) is 11.8 Å². The van der Waals surface area contributed by atoms with Crippen molar-refractivity contribution < 1.29 is 4.79 Å². The SMILES string of the molecule is C[C@H]1[C@H]2[C@H]3C(=O)[C@@H]1C(C)(C)[C@@]23C. The summed E-state index contributed by atoms with van der Waals surface area (Å²) < 4.78 is 0. The number of hydrogen-bond acceptors (Lipinski definition) is 1. The average molecular weight is 164 g/mol. The van der Waals surface area contributed by atoms with Gasteiger partial charge in [0.15, 0.2) is 0 Å². The van der Waals surface area contributed by atoms with Gasteiger partial charge >= 0.3 is 0 Å². The van der Waals surface area contributed by atoms with E-state index in [9.17, 15) is 4.79 Å². The van der Waals surface area contributed by atoms with E-state index in [0.717, 1.165) is 5.92 Å². The molecular formula is C11H16O. The van der Waals surface area contributed by atoms with Crippen molar-refractivity contribution >= 4 is 5.78 Å². The van der Waals surface area contributed by atoms with E-state index in [1.165, 1.54) is 0 Å². The molecule has 0 amide bonds. The predicted octanol–water partition coefficient (Wildman–Crippen LogP) is 2.11. The van der Waals surface area contributed by atoms with E-state index in [2.05, 4.69) is 27.7 Å². The molecule has 0 radical (unpaired) electrons. The molecule has 4 aliphatic carbocycles. The van der Waals surface area contributed by atoms with Gasteiger partial charge in [-0.2, -0.15) is 0 Å². The minimum absolute atomic E-state index is 0.291. The van der Waals surface area contributed by atoms with Crippen LogP contribution in [0, 0.1) is 34.5 Å². The van der Waals surface area contributed by atoms with E-state index < -0.39 is 0 Å². The van der Waals surface area contributed by atoms with Crippen molar-refractivity contribution in [1.29, 1.82) is 0 Å². The number of rotatable bonds is 0. The Morgan fingerprint density at radius 3 is 1.83 bits per heavy atom. The van der Waals surface area contributed by atoms with E-state index in [-0.39, 0.29) is 0 Å². The molecule has 0 N–H and O–H groups in total. The highest BCUT2D eigenvalue weighted by Gasteiger charge is 2.87. The molecule has 4 saturated carbocycles. The van der Waals surface area contributed by atoms with Gasteiger partial charge in [0.2, 0.25) is 0 Å². The Morgan fingerprint density at radius 1 is 1.17 bits per heavy atom. The molecular weight excluding hydrogens is 148 g/mol. The van der Waals surface area contributed by atoms with Crippen molar-refractivity contribution in [2.75, 3.05) is 0 Å². The second-order valence-electron chi connectivity index (χ2n) is 5.75. The number of ketones is 1. The molecule has 4 aliphatic rings. The Hall–Kier alpha value is -0.330. The van der Waals surface area contributed by atoms with Gasteiger partial charge in [0.1, 0.15) is 5.78 Å². The van der Waals surface area contributed by atoms with E-state index in [0.29, 0.717) is 34.4 Å². The molecule has 66 valence electrons. The fraction of sp³-hybridized carbons (Fsp3) is 0.909. The molecule has 4 rings (SSSR count). The third-order valence-corrected chi connectivity index (χ3v) is 5.46. The maximum absolute atomic E-state index is 11.8. The molecule has 4 fully saturated rings. The lowest BCUT2D eigenvalue weighted by atomic mass is 9.75. The smallest absolute Gasteiger partial charge is 0.140 e. The molecule has 0 aromatic rings. The molecule has 0 saturated heterocycles. The highest BCUT2D eigenvalue weighted by atomic mass is 16.1. The topological polar surface area (TPSA) is 17.1 Å². The monoisotopic (exact) mass is 164 g/mol. The molecule has 0 aromatic heterocycles. The summed E-state index contributed by atoms with van der Waals surface area (Å²) in [5.41, 5.74) is 0.674. The van der Waals surface area contributed by atoms with Crippen LogP contribution < -0.4 is 0 Å². The second kappa shape index (κ2) is 1.40. The van der Waals surface area contributed by atoms with Crippen LogP contribution in [0.3, 0.4) is 0 Å². The standard InChI is InChI=1S/C11H16O/c1-5-6-8-9(12)7(5)10(2,3)11(6,8)4/h5-8H,1-4H3/t5-,6-,7+,8-,11-/m0/s1. The largest absolute Gasteiger partial charge is 0.299 e. The van der Waals surface area contributed by atoms with Crippen LogP contribution in [-0.4, -0.2) is 5.78 Å². The fourth-order valence-corrected chi connectivity index (χ4v) is 4.71. The van der Waals surface area contributed by atoms with E-state index in [4.69, 9.17) is 0 Å². The number of carbonyl (C=O) groups is 1. The van der Waals surface area contributed by atoms with Crippen LogP contribution in [0.5, 0.6) is 0 Å². The van der Waals surface area contributed by atoms with Crippen LogP contribution in [0.15, 0.2) is 0 Å². The molecule has 0 spiro atoms. The quantitative estimate of drug-likeness (QED) is 0.536. The summed E-state index contributed by atoms with van der Waals surface area (Å²) in [6.45, 7) is 9.18. The van der Waals surface area contributed by atoms with Gasteiger partial charge in [0.05, 0.1) is 0 Å². The summed E-state index contributed by atoms with van der Waals surface area (Å²) in [6, 6.07) is 0. The first-order valence-electron chi connectivity index (χ1n) is 4.97. The lowest BCUT2D eigenvalue weighted by molar-refractivity contribution is -0.122. The first-order chi connectivity index (χ1) is 5.44. The highest BCUT2D eigenvalue weighted by molar-refractivity contribution is 5.95. The molecule has 4 bridgehead atoms. The van der Waals surface area contributed by atoms with Gasteiger partial charge in [-0.15, -0.1) is 0 Å². The Morgan fingerprint density at radius 2 is 1.75 bits per heavy atom. The summed E-state index contributed by atoms with van der Waals surface area (Å²) in [5.74, 6) is 2.83. The van der Waals surface area contributed by atoms with Crippen LogP contribution in [0.25, 0.3) is 0 Å². The maximum Gasteiger partial charge on any atom is 0.140 e. The molecule has 0 unspecified atom stereocenters. The van der Waals surface area contributed by atoms with Gasteiger partial charge in [-0.3, -0.25) is 4.79 Å². The van der Waals surface area contributed by atoms with E-state index in [1.54, 1.807) is 0 Å². The van der Waals surface area contributed by atoms with Crippen LogP contribution in [0.4, 0.5) is 0 Å². The summed E-state index contributed by atoms with van der Waals surface area (Å²) in [4.78, 5) is 11.8. The van der Waals surface area contributed by atoms with Crippen molar-refractivity contribution in [2.24, 2.45) is 34.5 Å². The Balaban J connectivity index is 2.22. The van der Waals surface area contributed by atoms with Gasteiger partial charge < -0.3 is 0 Å². The first kappa shape index (κ1) is 7.11. The number of hydrogen-bond donors (Lipinski definition) is 0. The molecule has 1 nitrogen and oxygen atoms in total. The number of Topliss-reactive ketones (excluding diaryl/α,β-unsaturated/α-hetero) is 1. The third kappa shape index (κ3) is 0.364. The summed E-state index contributed by atoms with van der Waals surface area (Å²) >= 11 is 0. The summed E-state index contributed by atoms with van der Waals surface area (Å²) in [6.07, 6.45) is 0. The minimum atomic E-state index is 0.291. The van der Waals surface area contributed by atoms with Gasteiger partial charge in [-0.25, -0.2) is 0 Å². The van der Waals surface area contributed by atoms with Crippen LogP contribution in [-0.2, 0) is 4.79 Å². The van der Waals surface area contributed by atoms with Crippen LogP contribution in [0.1, 0.15) is 27.7 Å². The fourth-order valence-electron chi connectivity index (χ4n) is 4.71. The lowest BCUT2D eigenvalue weighted by Crippen LogP contribution is -2.26. The van der Waals surface area contributed by atoms with E-state index in [1.807, 2.05) is 0 Å². The third-order valence-electron chi connectivity index (χ3n) is 5.46. The summed E-state index contributed by atoms with van der Waals surface area (Å²) in [7, 11) is 0. The van der Waals surface area contributed by atoms with Crippen molar-refractivity contribution in [1.82, 2.24) is 0 Å². The van der Waals surface area contributed by atoms with Crippen molar-refractivity contribution in [3.05, 3.63) is 0 Å². The number of carbonyl (C=O) groups excluding carboxylic acids is 1. The van der Waals surface area contributed by atoms with Crippen LogP contribution >= 0.6 is 0 Å². The van der Waals surface area contributed by atoms with Crippen LogP contribution in [0.2, 0.25) is 0 Å². The summed E-state index contributed by atoms with van der Waals surface area (Å²) in [5, 5.41) is 0. The van der Waals surface area contributed by atoms with Gasteiger partial charge in [-0.1, -0.05) is 27.7 Å². The second-order valence-corrected chi connectivity index (χ2v) is 5.75. The lowest BCUT2D eigenvalue weighted by Gasteiger charge is -2.28. The van der Waals surface area contributed by atoms with Crippen molar-refractivity contribution in [3.63, 3.8) is 0 Å². The zero-order chi connectivity index (χ0) is 8.89. The Labute approximate surface area is 73.5 Å². The highest BCUT2D eigenvalue weighted by Crippen LogP contribution is 2.86. The normalized spacial score (nSPS) is 64.2. The Bertz CT molecular complexity index is 289. The predicted molar refractivity (Wildman–Crippen MR) is 46.5 cm³/mol. The molecule has 0 aromatic carbocycles. The Kier molecular flexibility index (Phi) is 0.831. The molecule has 5 atom stereocenters. The molecule has 0 aliphatic heterocycles. The maximum atomic E-state index is 11.8. The molecule has 0 heterocycles. The zero-order valence-electron chi connectivity index (χ0n) is 8.22. The van der Waals surface area contributed by atoms with Crippen molar-refractivity contribution in [2.45, 2.75) is 27.7 Å². The molecule has 12 heavy (non-hydrogen) atoms. The van der Waals surface area contributed by atoms with Gasteiger partial charge in [0.25, 0.3) is 0 Å². The van der Waals surface area contributed by atoms with Crippen molar-refractivity contribution in [3.8, 4) is 0 Å². The molecule has 1 heteroatoms. The average Bonchev–Trinajstić information content (AvgIpc) is 2.35. The van der Waals surface area contributed by atoms with Gasteiger partial charge in [-0.05, 0) is 22.7 Å². The first-order valence-corrected chi connectivity index (χ1v) is 4.97.